The van der Waals surface area contributed by atoms with Crippen molar-refractivity contribution < 1.29 is 19.6 Å². The molecule has 0 fully saturated rings. The molecule has 1 amide bonds. The number of nitrogens with two attached hydrogens (primary N) is 1. The van der Waals surface area contributed by atoms with Crippen molar-refractivity contribution in [3.05, 3.63) is 0 Å². The fourth-order valence-corrected chi connectivity index (χ4v) is 1.50. The normalized spacial score (nSPS) is 11.5. The van der Waals surface area contributed by atoms with Gasteiger partial charge in [-0.05, 0) is 0 Å². The highest BCUT2D eigenvalue weighted by molar-refractivity contribution is 7.63. The van der Waals surface area contributed by atoms with Gasteiger partial charge in [0.1, 0.15) is 7.14 Å². The number of hydrogen-bond acceptors (Lipinski definition) is 4. The number of hydrogen-bond donors (Lipinski definition) is 3. The van der Waals surface area contributed by atoms with Crippen LogP contribution in [0.4, 0.5) is 0 Å². The topological polar surface area (TPSA) is 101 Å². The maximum Gasteiger partial charge on any atom is 0.217 e. The van der Waals surface area contributed by atoms with E-state index in [-0.39, 0.29) is 12.6 Å². The number of carbonyl (C=O) groups is 1. The van der Waals surface area contributed by atoms with Crippen molar-refractivity contribution in [2.24, 2.45) is 5.73 Å². The fourth-order valence-electron chi connectivity index (χ4n) is 0.500. The molecule has 4 N–H and O–H groups in total. The molecule has 0 aliphatic heterocycles. The first-order chi connectivity index (χ1) is 5.04. The summed E-state index contributed by atoms with van der Waals surface area (Å²) in [5.74, 6) is -0.577. The van der Waals surface area contributed by atoms with Crippen molar-refractivity contribution in [3.63, 3.8) is 0 Å². The van der Waals surface area contributed by atoms with Crippen LogP contribution in [0.2, 0.25) is 0 Å². The van der Waals surface area contributed by atoms with Crippen LogP contribution in [0, 0.1) is 0 Å². The van der Waals surface area contributed by atoms with Crippen molar-refractivity contribution in [2.45, 2.75) is 6.42 Å². The molecule has 0 unspecified atom stereocenters. The van der Waals surface area contributed by atoms with Gasteiger partial charge in [-0.3, -0.25) is 4.79 Å². The highest BCUT2D eigenvalue weighted by atomic mass is 31.2. The minimum atomic E-state index is -2.92. The van der Waals surface area contributed by atoms with E-state index in [4.69, 9.17) is 15.9 Å². The molecule has 0 bridgehead atoms. The lowest BCUT2D eigenvalue weighted by Gasteiger charge is -2.09. The zero-order chi connectivity index (χ0) is 8.91. The van der Waals surface area contributed by atoms with E-state index in [9.17, 15) is 9.36 Å². The van der Waals surface area contributed by atoms with E-state index in [0.29, 0.717) is 0 Å². The first-order valence-electron chi connectivity index (χ1n) is 3.11. The van der Waals surface area contributed by atoms with Crippen LogP contribution in [-0.4, -0.2) is 35.0 Å². The third-order valence-corrected chi connectivity index (χ3v) is 3.35. The van der Waals surface area contributed by atoms with Crippen molar-refractivity contribution in [1.29, 1.82) is 0 Å². The molecule has 0 rings (SSSR count). The Balaban J connectivity index is 3.89. The number of carbonyl (C=O) groups excluding carboxylic acids is 1. The highest BCUT2D eigenvalue weighted by Gasteiger charge is 2.19. The predicted molar refractivity (Wildman–Crippen MR) is 40.5 cm³/mol. The van der Waals surface area contributed by atoms with Crippen LogP contribution >= 0.6 is 7.14 Å². The van der Waals surface area contributed by atoms with Gasteiger partial charge in [0, 0.05) is 12.6 Å². The molecule has 66 valence electrons. The summed E-state index contributed by atoms with van der Waals surface area (Å²) >= 11 is 0. The van der Waals surface area contributed by atoms with Crippen molar-refractivity contribution >= 4 is 13.0 Å². The average Bonchev–Trinajstić information content (AvgIpc) is 2.00. The van der Waals surface area contributed by atoms with Crippen molar-refractivity contribution in [1.82, 2.24) is 0 Å². The SMILES string of the molecule is NC(=O)CCP(=O)(CO)CO. The molecule has 5 nitrogen and oxygen atoms in total. The van der Waals surface area contributed by atoms with Crippen LogP contribution in [0.5, 0.6) is 0 Å². The second kappa shape index (κ2) is 4.49. The summed E-state index contributed by atoms with van der Waals surface area (Å²) in [6.07, 6.45) is -1.22. The van der Waals surface area contributed by atoms with Gasteiger partial charge in [-0.15, -0.1) is 0 Å². The van der Waals surface area contributed by atoms with Crippen LogP contribution in [-0.2, 0) is 9.36 Å². The van der Waals surface area contributed by atoms with E-state index in [1.165, 1.54) is 0 Å². The molecule has 0 radical (unpaired) electrons. The monoisotopic (exact) mass is 181 g/mol. The van der Waals surface area contributed by atoms with E-state index >= 15 is 0 Å². The highest BCUT2D eigenvalue weighted by Crippen LogP contribution is 2.43. The van der Waals surface area contributed by atoms with Crippen LogP contribution in [0.15, 0.2) is 0 Å². The summed E-state index contributed by atoms with van der Waals surface area (Å²) in [6.45, 7) is 0. The smallest absolute Gasteiger partial charge is 0.217 e. The summed E-state index contributed by atoms with van der Waals surface area (Å²) in [4.78, 5) is 10.2. The first kappa shape index (κ1) is 10.6. The van der Waals surface area contributed by atoms with Gasteiger partial charge in [-0.25, -0.2) is 0 Å². The summed E-state index contributed by atoms with van der Waals surface area (Å²) in [6, 6.07) is 0. The molecule has 0 aromatic rings. The Morgan fingerprint density at radius 2 is 1.82 bits per heavy atom. The number of primary amides is 1. The van der Waals surface area contributed by atoms with E-state index in [1.54, 1.807) is 0 Å². The number of aliphatic hydroxyl groups excluding tert-OH is 2. The van der Waals surface area contributed by atoms with Gasteiger partial charge in [0.2, 0.25) is 5.91 Å². The standard InChI is InChI=1S/C5H12NO4P/c6-5(9)1-2-11(10,3-7)4-8/h7-8H,1-4H2,(H2,6,9). The van der Waals surface area contributed by atoms with Crippen molar-refractivity contribution in [2.75, 3.05) is 18.9 Å². The summed E-state index contributed by atoms with van der Waals surface area (Å²) < 4.78 is 11.1. The molecule has 0 saturated carbocycles. The molecule has 6 heteroatoms. The Morgan fingerprint density at radius 3 is 2.09 bits per heavy atom. The number of aliphatic hydroxyl groups is 2. The fraction of sp³-hybridized carbons (Fsp3) is 0.800. The van der Waals surface area contributed by atoms with E-state index in [2.05, 4.69) is 0 Å². The molecule has 0 aliphatic carbocycles. The molecule has 0 heterocycles. The lowest BCUT2D eigenvalue weighted by molar-refractivity contribution is -0.117. The molecular formula is C5H12NO4P. The van der Waals surface area contributed by atoms with Gasteiger partial charge in [0.25, 0.3) is 0 Å². The van der Waals surface area contributed by atoms with Gasteiger partial charge in [0.15, 0.2) is 0 Å². The minimum absolute atomic E-state index is 0.0185. The quantitative estimate of drug-likeness (QED) is 0.479. The molecule has 0 aromatic heterocycles. The van der Waals surface area contributed by atoms with Gasteiger partial charge in [-0.1, -0.05) is 0 Å². The summed E-state index contributed by atoms with van der Waals surface area (Å²) in [5, 5.41) is 17.0. The Bertz CT molecular complexity index is 173. The average molecular weight is 181 g/mol. The van der Waals surface area contributed by atoms with Crippen LogP contribution < -0.4 is 5.73 Å². The zero-order valence-electron chi connectivity index (χ0n) is 6.06. The molecular weight excluding hydrogens is 169 g/mol. The third kappa shape index (κ3) is 4.14. The maximum atomic E-state index is 11.1. The van der Waals surface area contributed by atoms with Gasteiger partial charge in [-0.2, -0.15) is 0 Å². The number of amides is 1. The lowest BCUT2D eigenvalue weighted by atomic mass is 10.5. The van der Waals surface area contributed by atoms with Gasteiger partial charge < -0.3 is 20.5 Å². The van der Waals surface area contributed by atoms with Gasteiger partial charge in [0.05, 0.1) is 12.7 Å². The van der Waals surface area contributed by atoms with Crippen LogP contribution in [0.3, 0.4) is 0 Å². The Labute approximate surface area is 64.6 Å². The summed E-state index contributed by atoms with van der Waals surface area (Å²) in [7, 11) is -2.92. The number of rotatable bonds is 5. The van der Waals surface area contributed by atoms with E-state index in [1.807, 2.05) is 0 Å². The van der Waals surface area contributed by atoms with Crippen LogP contribution in [0.25, 0.3) is 0 Å². The maximum absolute atomic E-state index is 11.1. The van der Waals surface area contributed by atoms with E-state index < -0.39 is 25.7 Å². The minimum Gasteiger partial charge on any atom is -0.389 e. The molecule has 0 atom stereocenters. The molecule has 11 heavy (non-hydrogen) atoms. The Kier molecular flexibility index (Phi) is 4.33. The molecule has 0 aromatic carbocycles. The first-order valence-corrected chi connectivity index (χ1v) is 5.37. The Morgan fingerprint density at radius 1 is 1.36 bits per heavy atom. The third-order valence-electron chi connectivity index (χ3n) is 1.28. The van der Waals surface area contributed by atoms with E-state index in [0.717, 1.165) is 0 Å². The molecule has 0 saturated heterocycles. The lowest BCUT2D eigenvalue weighted by Crippen LogP contribution is -2.13. The molecule has 0 aliphatic rings. The summed E-state index contributed by atoms with van der Waals surface area (Å²) in [5.41, 5.74) is 4.79. The second-order valence-electron chi connectivity index (χ2n) is 2.28. The molecule has 0 spiro atoms. The second-order valence-corrected chi connectivity index (χ2v) is 5.41. The zero-order valence-corrected chi connectivity index (χ0v) is 6.96. The van der Waals surface area contributed by atoms with Gasteiger partial charge >= 0.3 is 0 Å². The van der Waals surface area contributed by atoms with Crippen molar-refractivity contribution in [3.8, 4) is 0 Å². The Hall–Kier alpha value is -0.380. The largest absolute Gasteiger partial charge is 0.389 e. The van der Waals surface area contributed by atoms with Crippen LogP contribution in [0.1, 0.15) is 6.42 Å². The predicted octanol–water partition coefficient (Wildman–Crippen LogP) is -0.876.